The Morgan fingerprint density at radius 2 is 2.12 bits per heavy atom. The summed E-state index contributed by atoms with van der Waals surface area (Å²) >= 11 is 1.44. The van der Waals surface area contributed by atoms with Gasteiger partial charge in [0.25, 0.3) is 5.91 Å². The molecule has 0 aliphatic carbocycles. The van der Waals surface area contributed by atoms with Gasteiger partial charge in [0.15, 0.2) is 0 Å². The fraction of sp³-hybridized carbons (Fsp3) is 0.389. The van der Waals surface area contributed by atoms with Crippen LogP contribution >= 0.6 is 11.3 Å². The zero-order valence-corrected chi connectivity index (χ0v) is 14.5. The van der Waals surface area contributed by atoms with Crippen molar-refractivity contribution in [1.29, 1.82) is 0 Å². The Labute approximate surface area is 145 Å². The maximum Gasteiger partial charge on any atom is 0.263 e. The molecule has 2 aromatic rings. The highest BCUT2D eigenvalue weighted by atomic mass is 32.1. The predicted octanol–water partition coefficient (Wildman–Crippen LogP) is 2.87. The Hall–Kier alpha value is -2.21. The normalized spacial score (nSPS) is 18.9. The summed E-state index contributed by atoms with van der Waals surface area (Å²) in [6.07, 6.45) is 5.13. The maximum absolute atomic E-state index is 12.6. The number of thiophene rings is 1. The first-order chi connectivity index (χ1) is 11.6. The van der Waals surface area contributed by atoms with Gasteiger partial charge in [-0.2, -0.15) is 0 Å². The monoisotopic (exact) mass is 343 g/mol. The highest BCUT2D eigenvalue weighted by Gasteiger charge is 2.29. The average molecular weight is 343 g/mol. The number of likely N-dealkylation sites (tertiary alicyclic amines) is 1. The van der Waals surface area contributed by atoms with Crippen molar-refractivity contribution in [3.05, 3.63) is 52.5 Å². The van der Waals surface area contributed by atoms with E-state index in [1.165, 1.54) is 11.3 Å². The van der Waals surface area contributed by atoms with E-state index in [-0.39, 0.29) is 23.8 Å². The molecule has 1 aliphatic rings. The summed E-state index contributed by atoms with van der Waals surface area (Å²) in [6, 6.07) is 7.45. The van der Waals surface area contributed by atoms with Crippen LogP contribution in [0.3, 0.4) is 0 Å². The molecule has 126 valence electrons. The van der Waals surface area contributed by atoms with Gasteiger partial charge in [-0.05, 0) is 48.9 Å². The molecule has 2 aromatic heterocycles. The number of carbonyl (C=O) groups excluding carboxylic acids is 2. The van der Waals surface area contributed by atoms with Crippen molar-refractivity contribution in [1.82, 2.24) is 15.2 Å². The van der Waals surface area contributed by atoms with Gasteiger partial charge >= 0.3 is 0 Å². The van der Waals surface area contributed by atoms with Gasteiger partial charge in [0.1, 0.15) is 0 Å². The number of amides is 2. The Bertz CT molecular complexity index is 688. The lowest BCUT2D eigenvalue weighted by molar-refractivity contribution is -0.127. The van der Waals surface area contributed by atoms with Crippen LogP contribution in [0.25, 0.3) is 0 Å². The molecule has 1 fully saturated rings. The lowest BCUT2D eigenvalue weighted by atomic mass is 9.96. The van der Waals surface area contributed by atoms with Crippen LogP contribution in [0.15, 0.2) is 42.0 Å². The first-order valence-electron chi connectivity index (χ1n) is 8.18. The van der Waals surface area contributed by atoms with E-state index in [0.717, 1.165) is 29.8 Å². The first kappa shape index (κ1) is 16.6. The largest absolute Gasteiger partial charge is 0.349 e. The molecule has 6 heteroatoms. The van der Waals surface area contributed by atoms with Gasteiger partial charge < -0.3 is 10.2 Å². The second-order valence-corrected chi connectivity index (χ2v) is 7.03. The fourth-order valence-electron chi connectivity index (χ4n) is 3.00. The number of carbonyl (C=O) groups is 2. The lowest BCUT2D eigenvalue weighted by Crippen LogP contribution is -2.45. The highest BCUT2D eigenvalue weighted by molar-refractivity contribution is 7.12. The van der Waals surface area contributed by atoms with Crippen LogP contribution < -0.4 is 5.32 Å². The molecule has 1 saturated heterocycles. The second-order valence-electron chi connectivity index (χ2n) is 6.08. The summed E-state index contributed by atoms with van der Waals surface area (Å²) in [5.41, 5.74) is 1.03. The van der Waals surface area contributed by atoms with Gasteiger partial charge in [-0.15, -0.1) is 11.3 Å². The number of nitrogens with one attached hydrogen (secondary N) is 1. The number of hydrogen-bond acceptors (Lipinski definition) is 4. The van der Waals surface area contributed by atoms with E-state index in [1.54, 1.807) is 17.3 Å². The first-order valence-corrected chi connectivity index (χ1v) is 9.06. The number of aromatic nitrogens is 1. The summed E-state index contributed by atoms with van der Waals surface area (Å²) in [7, 11) is 0. The Balaban J connectivity index is 1.60. The molecule has 2 amide bonds. The van der Waals surface area contributed by atoms with Gasteiger partial charge in [0.05, 0.1) is 16.8 Å². The molecular weight excluding hydrogens is 322 g/mol. The second kappa shape index (κ2) is 7.57. The van der Waals surface area contributed by atoms with E-state index < -0.39 is 0 Å². The van der Waals surface area contributed by atoms with E-state index in [1.807, 2.05) is 36.6 Å². The number of nitrogens with zero attached hydrogens (tertiary/aromatic N) is 2. The van der Waals surface area contributed by atoms with Crippen LogP contribution in [0.2, 0.25) is 0 Å². The van der Waals surface area contributed by atoms with Crippen molar-refractivity contribution >= 4 is 23.2 Å². The minimum atomic E-state index is -0.146. The van der Waals surface area contributed by atoms with E-state index in [2.05, 4.69) is 10.3 Å². The molecular formula is C18H21N3O2S. The maximum atomic E-state index is 12.6. The molecule has 3 heterocycles. The molecule has 0 spiro atoms. The van der Waals surface area contributed by atoms with Gasteiger partial charge in [-0.25, -0.2) is 0 Å². The van der Waals surface area contributed by atoms with Crippen molar-refractivity contribution < 1.29 is 9.59 Å². The Morgan fingerprint density at radius 3 is 2.83 bits per heavy atom. The summed E-state index contributed by atoms with van der Waals surface area (Å²) < 4.78 is 0. The van der Waals surface area contributed by atoms with Crippen molar-refractivity contribution in [3.63, 3.8) is 0 Å². The standard InChI is InChI=1S/C18H21N3O2S/c1-13(14-6-8-19-9-7-14)20-17(22)15-4-2-10-21(12-15)18(23)16-5-3-11-24-16/h3,5-9,11,13,15H,2,4,10,12H2,1H3,(H,20,22)/t13-,15+/m0/s1. The number of rotatable bonds is 4. The van der Waals surface area contributed by atoms with Crippen molar-refractivity contribution in [2.75, 3.05) is 13.1 Å². The zero-order chi connectivity index (χ0) is 16.9. The van der Waals surface area contributed by atoms with E-state index in [0.29, 0.717) is 6.54 Å². The molecule has 0 bridgehead atoms. The molecule has 0 saturated carbocycles. The fourth-order valence-corrected chi connectivity index (χ4v) is 3.69. The van der Waals surface area contributed by atoms with Crippen LogP contribution in [0.4, 0.5) is 0 Å². The third kappa shape index (κ3) is 3.82. The lowest BCUT2D eigenvalue weighted by Gasteiger charge is -2.32. The molecule has 0 unspecified atom stereocenters. The van der Waals surface area contributed by atoms with E-state index in [9.17, 15) is 9.59 Å². The molecule has 1 aliphatic heterocycles. The van der Waals surface area contributed by atoms with Gasteiger partial charge in [0.2, 0.25) is 5.91 Å². The molecule has 0 radical (unpaired) electrons. The zero-order valence-electron chi connectivity index (χ0n) is 13.6. The van der Waals surface area contributed by atoms with Gasteiger partial charge in [-0.1, -0.05) is 6.07 Å². The molecule has 3 rings (SSSR count). The number of pyridine rings is 1. The molecule has 0 aromatic carbocycles. The van der Waals surface area contributed by atoms with Crippen LogP contribution in [0, 0.1) is 5.92 Å². The van der Waals surface area contributed by atoms with E-state index >= 15 is 0 Å². The molecule has 1 N–H and O–H groups in total. The minimum absolute atomic E-state index is 0.0167. The molecule has 5 nitrogen and oxygen atoms in total. The van der Waals surface area contributed by atoms with Gasteiger partial charge in [-0.3, -0.25) is 14.6 Å². The predicted molar refractivity (Wildman–Crippen MR) is 93.7 cm³/mol. The van der Waals surface area contributed by atoms with E-state index in [4.69, 9.17) is 0 Å². The average Bonchev–Trinajstić information content (AvgIpc) is 3.16. The highest BCUT2D eigenvalue weighted by Crippen LogP contribution is 2.22. The summed E-state index contributed by atoms with van der Waals surface area (Å²) in [5, 5.41) is 4.96. The van der Waals surface area contributed by atoms with Crippen molar-refractivity contribution in [3.8, 4) is 0 Å². The van der Waals surface area contributed by atoms with Crippen LogP contribution in [0.5, 0.6) is 0 Å². The Kier molecular flexibility index (Phi) is 5.25. The number of piperidine rings is 1. The number of hydrogen-bond donors (Lipinski definition) is 1. The van der Waals surface area contributed by atoms with Crippen molar-refractivity contribution in [2.45, 2.75) is 25.8 Å². The van der Waals surface area contributed by atoms with Crippen LogP contribution in [-0.2, 0) is 4.79 Å². The molecule has 24 heavy (non-hydrogen) atoms. The summed E-state index contributed by atoms with van der Waals surface area (Å²) in [6.45, 7) is 3.18. The smallest absolute Gasteiger partial charge is 0.263 e. The quantitative estimate of drug-likeness (QED) is 0.928. The van der Waals surface area contributed by atoms with Crippen molar-refractivity contribution in [2.24, 2.45) is 5.92 Å². The third-order valence-corrected chi connectivity index (χ3v) is 5.23. The Morgan fingerprint density at radius 1 is 1.33 bits per heavy atom. The summed E-state index contributed by atoms with van der Waals surface area (Å²) in [4.78, 5) is 31.6. The minimum Gasteiger partial charge on any atom is -0.349 e. The van der Waals surface area contributed by atoms with Crippen LogP contribution in [-0.4, -0.2) is 34.8 Å². The third-order valence-electron chi connectivity index (χ3n) is 4.38. The summed E-state index contributed by atoms with van der Waals surface area (Å²) in [5.74, 6) is -0.0976. The SMILES string of the molecule is C[C@H](NC(=O)[C@@H]1CCCN(C(=O)c2cccs2)C1)c1ccncc1. The molecule has 2 atom stereocenters. The van der Waals surface area contributed by atoms with Gasteiger partial charge in [0, 0.05) is 25.5 Å². The topological polar surface area (TPSA) is 62.3 Å². The van der Waals surface area contributed by atoms with Crippen LogP contribution in [0.1, 0.15) is 41.0 Å².